The van der Waals surface area contributed by atoms with Gasteiger partial charge in [0, 0.05) is 10.5 Å². The summed E-state index contributed by atoms with van der Waals surface area (Å²) in [4.78, 5) is 1.29. The van der Waals surface area contributed by atoms with Crippen LogP contribution in [0.2, 0.25) is 0 Å². The zero-order valence-electron chi connectivity index (χ0n) is 10.8. The van der Waals surface area contributed by atoms with Crippen LogP contribution in [0.1, 0.15) is 11.9 Å². The van der Waals surface area contributed by atoms with Gasteiger partial charge in [0.2, 0.25) is 0 Å². The first-order valence-electron chi connectivity index (χ1n) is 6.34. The molecular formula is C16H16O2S. The van der Waals surface area contributed by atoms with Crippen LogP contribution in [0.5, 0.6) is 0 Å². The molecule has 0 spiro atoms. The summed E-state index contributed by atoms with van der Waals surface area (Å²) in [6.07, 6.45) is 1.90. The van der Waals surface area contributed by atoms with Gasteiger partial charge in [0.1, 0.15) is 0 Å². The van der Waals surface area contributed by atoms with Crippen molar-refractivity contribution in [2.45, 2.75) is 11.2 Å². The Bertz CT molecular complexity index is 528. The Hall–Kier alpha value is -1.29. The topological polar surface area (TPSA) is 18.5 Å². The lowest BCUT2D eigenvalue weighted by atomic mass is 10.0. The van der Waals surface area contributed by atoms with Crippen molar-refractivity contribution >= 4 is 11.8 Å². The Kier molecular flexibility index (Phi) is 3.87. The monoisotopic (exact) mass is 272 g/mol. The third-order valence-corrected chi connectivity index (χ3v) is 3.97. The molecule has 98 valence electrons. The number of rotatable bonds is 3. The molecule has 1 fully saturated rings. The molecule has 3 heteroatoms. The normalized spacial score (nSPS) is 15.8. The molecule has 1 aliphatic heterocycles. The van der Waals surface area contributed by atoms with E-state index in [9.17, 15) is 0 Å². The molecule has 0 radical (unpaired) electrons. The predicted molar refractivity (Wildman–Crippen MR) is 78.3 cm³/mol. The lowest BCUT2D eigenvalue weighted by Gasteiger charge is -2.10. The van der Waals surface area contributed by atoms with Gasteiger partial charge in [0.05, 0.1) is 13.2 Å². The summed E-state index contributed by atoms with van der Waals surface area (Å²) in [5.41, 5.74) is 3.54. The lowest BCUT2D eigenvalue weighted by Crippen LogP contribution is -1.97. The molecular weight excluding hydrogens is 256 g/mol. The summed E-state index contributed by atoms with van der Waals surface area (Å²) >= 11 is 1.76. The van der Waals surface area contributed by atoms with Crippen LogP contribution < -0.4 is 0 Å². The Balaban J connectivity index is 1.80. The number of thioether (sulfide) groups is 1. The maximum atomic E-state index is 5.49. The van der Waals surface area contributed by atoms with Gasteiger partial charge in [-0.3, -0.25) is 0 Å². The van der Waals surface area contributed by atoms with E-state index >= 15 is 0 Å². The van der Waals surface area contributed by atoms with Gasteiger partial charge in [-0.15, -0.1) is 11.8 Å². The van der Waals surface area contributed by atoms with Gasteiger partial charge in [0.15, 0.2) is 6.29 Å². The standard InChI is InChI=1S/C16H16O2S/c1-19-15-8-6-13(7-9-15)12-2-4-14(5-3-12)16-17-10-11-18-16/h2-9,16H,10-11H2,1H3. The third kappa shape index (κ3) is 2.84. The number of benzene rings is 2. The molecule has 0 aromatic heterocycles. The van der Waals surface area contributed by atoms with Gasteiger partial charge in [-0.05, 0) is 29.5 Å². The summed E-state index contributed by atoms with van der Waals surface area (Å²) in [6, 6.07) is 17.0. The molecule has 0 aliphatic carbocycles. The van der Waals surface area contributed by atoms with Crippen molar-refractivity contribution in [3.8, 4) is 11.1 Å². The van der Waals surface area contributed by atoms with Crippen LogP contribution in [-0.4, -0.2) is 19.5 Å². The SMILES string of the molecule is CSc1ccc(-c2ccc(C3OCCO3)cc2)cc1. The smallest absolute Gasteiger partial charge is 0.184 e. The van der Waals surface area contributed by atoms with Gasteiger partial charge < -0.3 is 9.47 Å². The summed E-state index contributed by atoms with van der Waals surface area (Å²) < 4.78 is 11.0. The minimum absolute atomic E-state index is 0.187. The molecule has 2 aromatic carbocycles. The van der Waals surface area contributed by atoms with Crippen molar-refractivity contribution < 1.29 is 9.47 Å². The van der Waals surface area contributed by atoms with Gasteiger partial charge >= 0.3 is 0 Å². The highest BCUT2D eigenvalue weighted by molar-refractivity contribution is 7.98. The number of hydrogen-bond donors (Lipinski definition) is 0. The zero-order chi connectivity index (χ0) is 13.1. The summed E-state index contributed by atoms with van der Waals surface area (Å²) in [6.45, 7) is 1.37. The highest BCUT2D eigenvalue weighted by Crippen LogP contribution is 2.27. The Morgan fingerprint density at radius 1 is 0.842 bits per heavy atom. The minimum Gasteiger partial charge on any atom is -0.346 e. The molecule has 0 N–H and O–H groups in total. The lowest BCUT2D eigenvalue weighted by molar-refractivity contribution is -0.0441. The fourth-order valence-electron chi connectivity index (χ4n) is 2.17. The van der Waals surface area contributed by atoms with Crippen LogP contribution in [-0.2, 0) is 9.47 Å². The van der Waals surface area contributed by atoms with E-state index in [1.807, 2.05) is 0 Å². The second kappa shape index (κ2) is 5.78. The first kappa shape index (κ1) is 12.7. The molecule has 0 amide bonds. The van der Waals surface area contributed by atoms with E-state index in [1.54, 1.807) is 11.8 Å². The molecule has 1 aliphatic rings. The molecule has 1 heterocycles. The molecule has 1 saturated heterocycles. The first-order chi connectivity index (χ1) is 9.36. The highest BCUT2D eigenvalue weighted by Gasteiger charge is 2.17. The molecule has 3 rings (SSSR count). The van der Waals surface area contributed by atoms with Gasteiger partial charge in [-0.1, -0.05) is 36.4 Å². The second-order valence-corrected chi connectivity index (χ2v) is 5.30. The van der Waals surface area contributed by atoms with E-state index in [1.165, 1.54) is 16.0 Å². The average Bonchev–Trinajstić information content (AvgIpc) is 3.02. The summed E-state index contributed by atoms with van der Waals surface area (Å²) in [5.74, 6) is 0. The van der Waals surface area contributed by atoms with E-state index in [-0.39, 0.29) is 6.29 Å². The van der Waals surface area contributed by atoms with Crippen molar-refractivity contribution in [1.29, 1.82) is 0 Å². The van der Waals surface area contributed by atoms with E-state index in [2.05, 4.69) is 54.8 Å². The van der Waals surface area contributed by atoms with E-state index in [4.69, 9.17) is 9.47 Å². The quantitative estimate of drug-likeness (QED) is 0.783. The largest absolute Gasteiger partial charge is 0.346 e. The molecule has 0 atom stereocenters. The van der Waals surface area contributed by atoms with E-state index in [0.717, 1.165) is 5.56 Å². The molecule has 0 saturated carbocycles. The van der Waals surface area contributed by atoms with Crippen LogP contribution in [0.25, 0.3) is 11.1 Å². The maximum Gasteiger partial charge on any atom is 0.184 e. The van der Waals surface area contributed by atoms with Crippen LogP contribution >= 0.6 is 11.8 Å². The van der Waals surface area contributed by atoms with Gasteiger partial charge in [-0.25, -0.2) is 0 Å². The molecule has 0 unspecified atom stereocenters. The summed E-state index contributed by atoms with van der Waals surface area (Å²) in [7, 11) is 0. The number of hydrogen-bond acceptors (Lipinski definition) is 3. The van der Waals surface area contributed by atoms with Crippen molar-refractivity contribution in [3.63, 3.8) is 0 Å². The van der Waals surface area contributed by atoms with Crippen molar-refractivity contribution in [3.05, 3.63) is 54.1 Å². The van der Waals surface area contributed by atoms with Crippen molar-refractivity contribution in [1.82, 2.24) is 0 Å². The van der Waals surface area contributed by atoms with Crippen molar-refractivity contribution in [2.24, 2.45) is 0 Å². The van der Waals surface area contributed by atoms with Gasteiger partial charge in [0.25, 0.3) is 0 Å². The van der Waals surface area contributed by atoms with Crippen LogP contribution in [0.4, 0.5) is 0 Å². The van der Waals surface area contributed by atoms with Crippen LogP contribution in [0.15, 0.2) is 53.4 Å². The van der Waals surface area contributed by atoms with Crippen LogP contribution in [0, 0.1) is 0 Å². The Morgan fingerprint density at radius 2 is 1.37 bits per heavy atom. The molecule has 19 heavy (non-hydrogen) atoms. The highest BCUT2D eigenvalue weighted by atomic mass is 32.2. The maximum absolute atomic E-state index is 5.49. The Labute approximate surface area is 117 Å². The zero-order valence-corrected chi connectivity index (χ0v) is 11.7. The molecule has 2 aromatic rings. The predicted octanol–water partition coefficient (Wildman–Crippen LogP) is 4.12. The minimum atomic E-state index is -0.187. The molecule has 2 nitrogen and oxygen atoms in total. The summed E-state index contributed by atoms with van der Waals surface area (Å²) in [5, 5.41) is 0. The van der Waals surface area contributed by atoms with E-state index in [0.29, 0.717) is 13.2 Å². The average molecular weight is 272 g/mol. The first-order valence-corrected chi connectivity index (χ1v) is 7.57. The number of ether oxygens (including phenoxy) is 2. The fourth-order valence-corrected chi connectivity index (χ4v) is 2.58. The Morgan fingerprint density at radius 3 is 1.89 bits per heavy atom. The van der Waals surface area contributed by atoms with Gasteiger partial charge in [-0.2, -0.15) is 0 Å². The van der Waals surface area contributed by atoms with Crippen LogP contribution in [0.3, 0.4) is 0 Å². The molecule has 0 bridgehead atoms. The van der Waals surface area contributed by atoms with Crippen molar-refractivity contribution in [2.75, 3.05) is 19.5 Å². The second-order valence-electron chi connectivity index (χ2n) is 4.42. The third-order valence-electron chi connectivity index (χ3n) is 3.23. The van der Waals surface area contributed by atoms with E-state index < -0.39 is 0 Å². The fraction of sp³-hybridized carbons (Fsp3) is 0.250.